The lowest BCUT2D eigenvalue weighted by atomic mass is 10.0. The number of alkyl halides is 3. The molecule has 1 aliphatic heterocycles. The van der Waals surface area contributed by atoms with Crippen molar-refractivity contribution in [1.82, 2.24) is 10.2 Å². The summed E-state index contributed by atoms with van der Waals surface area (Å²) in [6, 6.07) is 0. The number of rotatable bonds is 3. The molecule has 1 rings (SSSR count). The van der Waals surface area contributed by atoms with Crippen LogP contribution in [0.15, 0.2) is 0 Å². The van der Waals surface area contributed by atoms with Gasteiger partial charge in [-0.15, -0.1) is 0 Å². The standard InChI is InChI=1S/C10H19F3N2/c1-14-7-9-3-2-5-15(6-4-9)8-10(11,12)13/h9,14H,2-8H2,1H3. The molecular weight excluding hydrogens is 205 g/mol. The summed E-state index contributed by atoms with van der Waals surface area (Å²) in [7, 11) is 1.89. The van der Waals surface area contributed by atoms with Gasteiger partial charge in [-0.1, -0.05) is 0 Å². The van der Waals surface area contributed by atoms with E-state index >= 15 is 0 Å². The summed E-state index contributed by atoms with van der Waals surface area (Å²) in [6.07, 6.45) is -1.27. The van der Waals surface area contributed by atoms with Crippen molar-refractivity contribution in [2.45, 2.75) is 25.4 Å². The quantitative estimate of drug-likeness (QED) is 0.787. The minimum atomic E-state index is -4.05. The van der Waals surface area contributed by atoms with Crippen molar-refractivity contribution in [2.75, 3.05) is 33.2 Å². The van der Waals surface area contributed by atoms with Crippen LogP contribution in [0.1, 0.15) is 19.3 Å². The van der Waals surface area contributed by atoms with Gasteiger partial charge in [-0.2, -0.15) is 13.2 Å². The normalized spacial score (nSPS) is 25.2. The lowest BCUT2D eigenvalue weighted by Crippen LogP contribution is -2.35. The van der Waals surface area contributed by atoms with E-state index in [1.54, 1.807) is 0 Å². The number of halogens is 3. The van der Waals surface area contributed by atoms with Crippen molar-refractivity contribution in [2.24, 2.45) is 5.92 Å². The molecule has 5 heteroatoms. The summed E-state index contributed by atoms with van der Waals surface area (Å²) in [6.45, 7) is 1.32. The Morgan fingerprint density at radius 1 is 1.27 bits per heavy atom. The Kier molecular flexibility index (Phi) is 4.86. The molecule has 0 saturated carbocycles. The highest BCUT2D eigenvalue weighted by molar-refractivity contribution is 4.72. The Labute approximate surface area is 88.8 Å². The van der Waals surface area contributed by atoms with Gasteiger partial charge in [0.05, 0.1) is 6.54 Å². The van der Waals surface area contributed by atoms with Crippen LogP contribution in [0.2, 0.25) is 0 Å². The molecular formula is C10H19F3N2. The minimum absolute atomic E-state index is 0.535. The molecule has 0 radical (unpaired) electrons. The van der Waals surface area contributed by atoms with E-state index in [4.69, 9.17) is 0 Å². The largest absolute Gasteiger partial charge is 0.401 e. The monoisotopic (exact) mass is 224 g/mol. The Balaban J connectivity index is 2.32. The maximum atomic E-state index is 12.2. The highest BCUT2D eigenvalue weighted by Gasteiger charge is 2.31. The first kappa shape index (κ1) is 12.8. The van der Waals surface area contributed by atoms with Crippen LogP contribution in [0.4, 0.5) is 13.2 Å². The van der Waals surface area contributed by atoms with Crippen molar-refractivity contribution in [3.05, 3.63) is 0 Å². The summed E-state index contributed by atoms with van der Waals surface area (Å²) in [4.78, 5) is 1.52. The zero-order valence-corrected chi connectivity index (χ0v) is 9.11. The number of nitrogens with one attached hydrogen (secondary N) is 1. The fraction of sp³-hybridized carbons (Fsp3) is 1.00. The predicted octanol–water partition coefficient (Wildman–Crippen LogP) is 1.87. The third-order valence-corrected chi connectivity index (χ3v) is 2.84. The van der Waals surface area contributed by atoms with Gasteiger partial charge in [0.15, 0.2) is 0 Å². The average Bonchev–Trinajstić information content (AvgIpc) is 2.29. The number of nitrogens with zero attached hydrogens (tertiary/aromatic N) is 1. The SMILES string of the molecule is CNCC1CCCN(CC(F)(F)F)CC1. The Bertz CT molecular complexity index is 182. The molecule has 0 aromatic rings. The second-order valence-corrected chi connectivity index (χ2v) is 4.25. The first-order chi connectivity index (χ1) is 7.01. The summed E-state index contributed by atoms with van der Waals surface area (Å²) in [5.74, 6) is 0.535. The molecule has 1 fully saturated rings. The molecule has 0 bridgehead atoms. The van der Waals surface area contributed by atoms with Crippen LogP contribution in [-0.4, -0.2) is 44.3 Å². The molecule has 1 N–H and O–H groups in total. The summed E-state index contributed by atoms with van der Waals surface area (Å²) >= 11 is 0. The van der Waals surface area contributed by atoms with Crippen LogP contribution in [0.3, 0.4) is 0 Å². The van der Waals surface area contributed by atoms with E-state index in [0.29, 0.717) is 19.0 Å². The lowest BCUT2D eigenvalue weighted by Gasteiger charge is -2.21. The molecule has 0 aromatic carbocycles. The van der Waals surface area contributed by atoms with Gasteiger partial charge >= 0.3 is 6.18 Å². The second kappa shape index (κ2) is 5.70. The van der Waals surface area contributed by atoms with Crippen LogP contribution < -0.4 is 5.32 Å². The maximum Gasteiger partial charge on any atom is 0.401 e. The molecule has 1 unspecified atom stereocenters. The fourth-order valence-corrected chi connectivity index (χ4v) is 2.13. The molecule has 2 nitrogen and oxygen atoms in total. The van der Waals surface area contributed by atoms with E-state index in [0.717, 1.165) is 25.8 Å². The molecule has 0 aromatic heterocycles. The van der Waals surface area contributed by atoms with Gasteiger partial charge in [0.25, 0.3) is 0 Å². The van der Waals surface area contributed by atoms with Crippen LogP contribution in [0.25, 0.3) is 0 Å². The van der Waals surface area contributed by atoms with Crippen molar-refractivity contribution >= 4 is 0 Å². The van der Waals surface area contributed by atoms with Gasteiger partial charge in [0, 0.05) is 0 Å². The predicted molar refractivity (Wildman–Crippen MR) is 53.8 cm³/mol. The van der Waals surface area contributed by atoms with Gasteiger partial charge in [0.1, 0.15) is 0 Å². The summed E-state index contributed by atoms with van der Waals surface area (Å²) < 4.78 is 36.5. The zero-order valence-electron chi connectivity index (χ0n) is 9.11. The molecule has 1 aliphatic rings. The summed E-state index contributed by atoms with van der Waals surface area (Å²) in [5.41, 5.74) is 0. The highest BCUT2D eigenvalue weighted by Crippen LogP contribution is 2.21. The van der Waals surface area contributed by atoms with Crippen molar-refractivity contribution in [3.8, 4) is 0 Å². The van der Waals surface area contributed by atoms with E-state index in [1.807, 2.05) is 7.05 Å². The third kappa shape index (κ3) is 5.37. The Hall–Kier alpha value is -0.290. The molecule has 0 amide bonds. The van der Waals surface area contributed by atoms with Crippen LogP contribution >= 0.6 is 0 Å². The van der Waals surface area contributed by atoms with Crippen LogP contribution in [-0.2, 0) is 0 Å². The van der Waals surface area contributed by atoms with E-state index in [9.17, 15) is 13.2 Å². The average molecular weight is 224 g/mol. The highest BCUT2D eigenvalue weighted by atomic mass is 19.4. The number of hydrogen-bond acceptors (Lipinski definition) is 2. The van der Waals surface area contributed by atoms with Gasteiger partial charge < -0.3 is 5.32 Å². The number of likely N-dealkylation sites (tertiary alicyclic amines) is 1. The van der Waals surface area contributed by atoms with Crippen molar-refractivity contribution in [1.29, 1.82) is 0 Å². The molecule has 0 spiro atoms. The van der Waals surface area contributed by atoms with Crippen molar-refractivity contribution in [3.63, 3.8) is 0 Å². The first-order valence-corrected chi connectivity index (χ1v) is 5.45. The van der Waals surface area contributed by atoms with E-state index in [2.05, 4.69) is 5.32 Å². The van der Waals surface area contributed by atoms with Gasteiger partial charge in [0.2, 0.25) is 0 Å². The van der Waals surface area contributed by atoms with Gasteiger partial charge in [-0.05, 0) is 51.9 Å². The minimum Gasteiger partial charge on any atom is -0.319 e. The lowest BCUT2D eigenvalue weighted by molar-refractivity contribution is -0.145. The van der Waals surface area contributed by atoms with E-state index in [1.165, 1.54) is 4.90 Å². The molecule has 90 valence electrons. The smallest absolute Gasteiger partial charge is 0.319 e. The molecule has 0 aliphatic carbocycles. The second-order valence-electron chi connectivity index (χ2n) is 4.25. The molecule has 15 heavy (non-hydrogen) atoms. The Morgan fingerprint density at radius 2 is 2.00 bits per heavy atom. The topological polar surface area (TPSA) is 15.3 Å². The van der Waals surface area contributed by atoms with Crippen LogP contribution in [0.5, 0.6) is 0 Å². The van der Waals surface area contributed by atoms with Crippen LogP contribution in [0, 0.1) is 5.92 Å². The van der Waals surface area contributed by atoms with Gasteiger partial charge in [-0.3, -0.25) is 4.90 Å². The van der Waals surface area contributed by atoms with E-state index in [-0.39, 0.29) is 0 Å². The molecule has 1 atom stereocenters. The van der Waals surface area contributed by atoms with E-state index < -0.39 is 12.7 Å². The summed E-state index contributed by atoms with van der Waals surface area (Å²) in [5, 5.41) is 3.09. The van der Waals surface area contributed by atoms with Gasteiger partial charge in [-0.25, -0.2) is 0 Å². The maximum absolute atomic E-state index is 12.2. The number of hydrogen-bond donors (Lipinski definition) is 1. The fourth-order valence-electron chi connectivity index (χ4n) is 2.13. The molecule has 1 saturated heterocycles. The Morgan fingerprint density at radius 3 is 2.60 bits per heavy atom. The zero-order chi connectivity index (χ0) is 11.3. The molecule has 1 heterocycles. The van der Waals surface area contributed by atoms with Crippen molar-refractivity contribution < 1.29 is 13.2 Å². The third-order valence-electron chi connectivity index (χ3n) is 2.84. The first-order valence-electron chi connectivity index (χ1n) is 5.45.